The molecule has 0 bridgehead atoms. The first-order valence-corrected chi connectivity index (χ1v) is 4.88. The van der Waals surface area contributed by atoms with Crippen molar-refractivity contribution in [1.82, 2.24) is 0 Å². The lowest BCUT2D eigenvalue weighted by atomic mass is 10.1. The van der Waals surface area contributed by atoms with E-state index in [0.29, 0.717) is 0 Å². The van der Waals surface area contributed by atoms with Gasteiger partial charge in [0.1, 0.15) is 0 Å². The van der Waals surface area contributed by atoms with Crippen molar-refractivity contribution in [2.45, 2.75) is 12.2 Å². The minimum absolute atomic E-state index is 0. The van der Waals surface area contributed by atoms with E-state index < -0.39 is 24.4 Å². The Morgan fingerprint density at radius 1 is 1.31 bits per heavy atom. The van der Waals surface area contributed by atoms with Crippen LogP contribution in [0.25, 0.3) is 0 Å². The second-order valence-corrected chi connectivity index (χ2v) is 3.98. The number of halogens is 5. The number of aliphatic hydroxyl groups is 1. The zero-order valence-corrected chi connectivity index (χ0v) is 10.4. The van der Waals surface area contributed by atoms with E-state index in [0.717, 1.165) is 12.1 Å². The molecule has 7 heteroatoms. The van der Waals surface area contributed by atoms with Crippen LogP contribution >= 0.6 is 28.3 Å². The largest absolute Gasteiger partial charge is 0.416 e. The molecule has 0 radical (unpaired) electrons. The molecule has 0 saturated heterocycles. The molecule has 2 nitrogen and oxygen atoms in total. The van der Waals surface area contributed by atoms with Gasteiger partial charge in [-0.3, -0.25) is 0 Å². The van der Waals surface area contributed by atoms with Crippen molar-refractivity contribution in [3.05, 3.63) is 33.8 Å². The third-order valence-corrected chi connectivity index (χ3v) is 2.33. The number of aliphatic hydroxyl groups excluding tert-OH is 1. The Morgan fingerprint density at radius 3 is 2.31 bits per heavy atom. The third-order valence-electron chi connectivity index (χ3n) is 1.87. The first-order valence-electron chi connectivity index (χ1n) is 4.08. The van der Waals surface area contributed by atoms with E-state index in [2.05, 4.69) is 15.9 Å². The fourth-order valence-electron chi connectivity index (χ4n) is 1.10. The summed E-state index contributed by atoms with van der Waals surface area (Å²) in [6.45, 7) is -0.395. The van der Waals surface area contributed by atoms with Gasteiger partial charge in [0.25, 0.3) is 0 Å². The molecule has 3 N–H and O–H groups in total. The highest BCUT2D eigenvalue weighted by atomic mass is 79.9. The summed E-state index contributed by atoms with van der Waals surface area (Å²) in [5.41, 5.74) is 4.90. The lowest BCUT2D eigenvalue weighted by Crippen LogP contribution is -2.16. The topological polar surface area (TPSA) is 46.2 Å². The van der Waals surface area contributed by atoms with Crippen LogP contribution in [0.5, 0.6) is 0 Å². The van der Waals surface area contributed by atoms with Gasteiger partial charge in [0.05, 0.1) is 18.2 Å². The Hall–Kier alpha value is -0.300. The molecule has 16 heavy (non-hydrogen) atoms. The van der Waals surface area contributed by atoms with E-state index in [9.17, 15) is 13.2 Å². The minimum Gasteiger partial charge on any atom is -0.394 e. The molecule has 0 aliphatic heterocycles. The normalized spacial score (nSPS) is 13.1. The molecule has 1 rings (SSSR count). The molecule has 0 aliphatic carbocycles. The molecular weight excluding hydrogens is 310 g/mol. The summed E-state index contributed by atoms with van der Waals surface area (Å²) in [5.74, 6) is 0. The average molecular weight is 321 g/mol. The van der Waals surface area contributed by atoms with Crippen LogP contribution in [0, 0.1) is 0 Å². The first-order chi connectivity index (χ1) is 6.84. The summed E-state index contributed by atoms with van der Waals surface area (Å²) in [7, 11) is 0. The summed E-state index contributed by atoms with van der Waals surface area (Å²) >= 11 is 2.97. The van der Waals surface area contributed by atoms with Gasteiger partial charge in [-0.2, -0.15) is 13.2 Å². The molecular formula is C9H10BrClF3NO. The Balaban J connectivity index is 0.00000225. The standard InChI is InChI=1S/C9H9BrF3NO.ClH/c10-7-2-5(8(14)4-15)1-6(3-7)9(11,12)13;/h1-3,8,15H,4,14H2;1H/t8-;/m0./s1. The van der Waals surface area contributed by atoms with Gasteiger partial charge in [-0.25, -0.2) is 0 Å². The molecule has 0 heterocycles. The predicted octanol–water partition coefficient (Wildman–Crippen LogP) is 2.88. The van der Waals surface area contributed by atoms with Gasteiger partial charge < -0.3 is 10.8 Å². The second-order valence-electron chi connectivity index (χ2n) is 3.06. The van der Waals surface area contributed by atoms with Gasteiger partial charge >= 0.3 is 6.18 Å². The zero-order valence-electron chi connectivity index (χ0n) is 7.96. The number of alkyl halides is 3. The smallest absolute Gasteiger partial charge is 0.394 e. The highest BCUT2D eigenvalue weighted by Gasteiger charge is 2.31. The van der Waals surface area contributed by atoms with Gasteiger partial charge in [-0.05, 0) is 23.8 Å². The quantitative estimate of drug-likeness (QED) is 0.880. The maximum absolute atomic E-state index is 12.4. The number of nitrogens with two attached hydrogens (primary N) is 1. The van der Waals surface area contributed by atoms with Crippen LogP contribution in [0.4, 0.5) is 13.2 Å². The molecule has 1 aromatic rings. The van der Waals surface area contributed by atoms with Crippen LogP contribution in [0.2, 0.25) is 0 Å². The summed E-state index contributed by atoms with van der Waals surface area (Å²) in [4.78, 5) is 0. The number of hydrogen-bond donors (Lipinski definition) is 2. The lowest BCUT2D eigenvalue weighted by Gasteiger charge is -2.13. The van der Waals surface area contributed by atoms with Crippen LogP contribution < -0.4 is 5.73 Å². The molecule has 0 unspecified atom stereocenters. The third kappa shape index (κ3) is 3.93. The zero-order chi connectivity index (χ0) is 11.6. The molecule has 1 atom stereocenters. The SMILES string of the molecule is Cl.N[C@@H](CO)c1cc(Br)cc(C(F)(F)F)c1. The van der Waals surface area contributed by atoms with Crippen molar-refractivity contribution in [2.24, 2.45) is 5.73 Å². The van der Waals surface area contributed by atoms with Gasteiger partial charge in [-0.15, -0.1) is 12.4 Å². The highest BCUT2D eigenvalue weighted by molar-refractivity contribution is 9.10. The highest BCUT2D eigenvalue weighted by Crippen LogP contribution is 2.32. The molecule has 0 aliphatic rings. The first kappa shape index (κ1) is 15.7. The van der Waals surface area contributed by atoms with E-state index in [1.54, 1.807) is 0 Å². The summed E-state index contributed by atoms with van der Waals surface area (Å²) < 4.78 is 37.5. The van der Waals surface area contributed by atoms with Crippen molar-refractivity contribution >= 4 is 28.3 Å². The van der Waals surface area contributed by atoms with Crippen molar-refractivity contribution in [1.29, 1.82) is 0 Å². The Kier molecular flexibility index (Phi) is 5.75. The fourth-order valence-corrected chi connectivity index (χ4v) is 1.61. The van der Waals surface area contributed by atoms with Crippen molar-refractivity contribution in [3.8, 4) is 0 Å². The van der Waals surface area contributed by atoms with Crippen molar-refractivity contribution in [3.63, 3.8) is 0 Å². The van der Waals surface area contributed by atoms with Crippen LogP contribution in [0.3, 0.4) is 0 Å². The van der Waals surface area contributed by atoms with Crippen LogP contribution in [-0.2, 0) is 6.18 Å². The molecule has 0 amide bonds. The molecule has 0 saturated carbocycles. The maximum atomic E-state index is 12.4. The number of rotatable bonds is 2. The molecule has 1 aromatic carbocycles. The van der Waals surface area contributed by atoms with Crippen LogP contribution in [0.1, 0.15) is 17.2 Å². The maximum Gasteiger partial charge on any atom is 0.416 e. The van der Waals surface area contributed by atoms with Gasteiger partial charge in [0.15, 0.2) is 0 Å². The Bertz CT molecular complexity index is 359. The van der Waals surface area contributed by atoms with Crippen LogP contribution in [0.15, 0.2) is 22.7 Å². The van der Waals surface area contributed by atoms with E-state index in [1.807, 2.05) is 0 Å². The summed E-state index contributed by atoms with van der Waals surface area (Å²) in [5, 5.41) is 8.75. The number of benzene rings is 1. The Labute approximate surface area is 105 Å². The minimum atomic E-state index is -4.41. The van der Waals surface area contributed by atoms with Crippen LogP contribution in [-0.4, -0.2) is 11.7 Å². The monoisotopic (exact) mass is 319 g/mol. The lowest BCUT2D eigenvalue weighted by molar-refractivity contribution is -0.137. The second kappa shape index (κ2) is 5.86. The predicted molar refractivity (Wildman–Crippen MR) is 60.4 cm³/mol. The fraction of sp³-hybridized carbons (Fsp3) is 0.333. The Morgan fingerprint density at radius 2 is 1.88 bits per heavy atom. The van der Waals surface area contributed by atoms with Crippen molar-refractivity contribution < 1.29 is 18.3 Å². The van der Waals surface area contributed by atoms with Gasteiger partial charge in [0.2, 0.25) is 0 Å². The summed E-state index contributed by atoms with van der Waals surface area (Å²) in [6, 6.07) is 2.55. The summed E-state index contributed by atoms with van der Waals surface area (Å²) in [6.07, 6.45) is -4.41. The molecule has 92 valence electrons. The van der Waals surface area contributed by atoms with E-state index in [-0.39, 0.29) is 22.4 Å². The number of hydrogen-bond acceptors (Lipinski definition) is 2. The van der Waals surface area contributed by atoms with Gasteiger partial charge in [-0.1, -0.05) is 15.9 Å². The average Bonchev–Trinajstić information content (AvgIpc) is 2.14. The van der Waals surface area contributed by atoms with Crippen molar-refractivity contribution in [2.75, 3.05) is 6.61 Å². The van der Waals surface area contributed by atoms with E-state index in [1.165, 1.54) is 6.07 Å². The molecule has 0 aromatic heterocycles. The molecule has 0 spiro atoms. The van der Waals surface area contributed by atoms with E-state index in [4.69, 9.17) is 10.8 Å². The molecule has 0 fully saturated rings. The van der Waals surface area contributed by atoms with E-state index >= 15 is 0 Å². The van der Waals surface area contributed by atoms with Gasteiger partial charge in [0, 0.05) is 4.47 Å².